The molecule has 1 amide bonds. The molecule has 0 spiro atoms. The Balaban J connectivity index is 1.69. The van der Waals surface area contributed by atoms with Crippen molar-refractivity contribution >= 4 is 15.9 Å². The summed E-state index contributed by atoms with van der Waals surface area (Å²) in [4.78, 5) is 12.4. The van der Waals surface area contributed by atoms with Crippen LogP contribution in [0.5, 0.6) is 0 Å². The molecule has 1 heterocycles. The van der Waals surface area contributed by atoms with Gasteiger partial charge >= 0.3 is 0 Å². The third kappa shape index (κ3) is 4.62. The van der Waals surface area contributed by atoms with E-state index in [1.54, 1.807) is 7.05 Å². The number of fused-ring (bicyclic) bond motifs is 1. The Bertz CT molecular complexity index is 863. The smallest absolute Gasteiger partial charge is 0.243 e. The minimum atomic E-state index is -3.91. The lowest BCUT2D eigenvalue weighted by Crippen LogP contribution is -2.49. The first kappa shape index (κ1) is 22.1. The fourth-order valence-corrected chi connectivity index (χ4v) is 6.04. The van der Waals surface area contributed by atoms with Crippen molar-refractivity contribution in [3.63, 3.8) is 0 Å². The molecular formula is C20H29F2N3O3S. The van der Waals surface area contributed by atoms with Crippen LogP contribution >= 0.6 is 0 Å². The molecule has 162 valence electrons. The molecule has 0 bridgehead atoms. The van der Waals surface area contributed by atoms with Crippen molar-refractivity contribution in [2.75, 3.05) is 20.1 Å². The van der Waals surface area contributed by atoms with E-state index in [0.29, 0.717) is 12.5 Å². The van der Waals surface area contributed by atoms with E-state index in [9.17, 15) is 22.0 Å². The first-order valence-corrected chi connectivity index (χ1v) is 11.5. The van der Waals surface area contributed by atoms with Crippen molar-refractivity contribution in [3.8, 4) is 0 Å². The molecule has 1 saturated carbocycles. The first-order chi connectivity index (χ1) is 13.6. The van der Waals surface area contributed by atoms with Gasteiger partial charge < -0.3 is 10.6 Å². The van der Waals surface area contributed by atoms with Gasteiger partial charge in [0.15, 0.2) is 11.6 Å². The lowest BCUT2D eigenvalue weighted by molar-refractivity contribution is -0.124. The van der Waals surface area contributed by atoms with Crippen LogP contribution in [0.25, 0.3) is 0 Å². The van der Waals surface area contributed by atoms with Crippen molar-refractivity contribution in [1.82, 2.24) is 14.9 Å². The lowest BCUT2D eigenvalue weighted by atomic mass is 9.97. The Kier molecular flexibility index (Phi) is 6.60. The van der Waals surface area contributed by atoms with Gasteiger partial charge in [-0.3, -0.25) is 4.79 Å². The molecule has 9 heteroatoms. The largest absolute Gasteiger partial charge is 0.352 e. The van der Waals surface area contributed by atoms with E-state index >= 15 is 0 Å². The normalized spacial score (nSPS) is 25.9. The van der Waals surface area contributed by atoms with Crippen LogP contribution in [-0.2, 0) is 14.8 Å². The number of nitrogens with zero attached hydrogens (tertiary/aromatic N) is 1. The molecule has 1 aromatic rings. The molecule has 3 rings (SSSR count). The van der Waals surface area contributed by atoms with Gasteiger partial charge in [0.25, 0.3) is 0 Å². The van der Waals surface area contributed by atoms with Crippen LogP contribution in [0.15, 0.2) is 23.1 Å². The summed E-state index contributed by atoms with van der Waals surface area (Å²) in [7, 11) is -2.15. The molecule has 0 radical (unpaired) electrons. The lowest BCUT2D eigenvalue weighted by Gasteiger charge is -2.25. The Morgan fingerprint density at radius 1 is 1.21 bits per heavy atom. The van der Waals surface area contributed by atoms with Gasteiger partial charge in [0.1, 0.15) is 0 Å². The van der Waals surface area contributed by atoms with Crippen molar-refractivity contribution in [3.05, 3.63) is 29.8 Å². The van der Waals surface area contributed by atoms with Gasteiger partial charge in [0.05, 0.1) is 10.9 Å². The average Bonchev–Trinajstić information content (AvgIpc) is 3.24. The topological polar surface area (TPSA) is 78.5 Å². The number of benzene rings is 1. The van der Waals surface area contributed by atoms with Crippen LogP contribution in [-0.4, -0.2) is 50.9 Å². The second kappa shape index (κ2) is 8.65. The van der Waals surface area contributed by atoms with Crippen molar-refractivity contribution in [1.29, 1.82) is 0 Å². The summed E-state index contributed by atoms with van der Waals surface area (Å²) in [6.45, 7) is 4.72. The zero-order chi connectivity index (χ0) is 21.3. The van der Waals surface area contributed by atoms with Crippen molar-refractivity contribution < 1.29 is 22.0 Å². The molecular weight excluding hydrogens is 400 g/mol. The molecule has 1 aromatic carbocycles. The summed E-state index contributed by atoms with van der Waals surface area (Å²) in [5.74, 6) is -1.77. The van der Waals surface area contributed by atoms with E-state index in [-0.39, 0.29) is 41.3 Å². The summed E-state index contributed by atoms with van der Waals surface area (Å²) < 4.78 is 53.8. The number of rotatable bonds is 7. The van der Waals surface area contributed by atoms with Crippen LogP contribution < -0.4 is 10.6 Å². The maximum atomic E-state index is 13.5. The summed E-state index contributed by atoms with van der Waals surface area (Å²) in [6.07, 6.45) is 2.37. The van der Waals surface area contributed by atoms with Gasteiger partial charge in [-0.05, 0) is 62.3 Å². The standard InChI is InChI=1S/C20H29F2N3O3S/c1-12(2)8-19(23-3)20(26)24-18-7-4-13-10-25(11-15(13)18)29(27,28)14-5-6-16(21)17(22)9-14/h5-6,9,12-13,15,18-19,23H,4,7-8,10-11H2,1-3H3,(H,24,26)/t13-,15+,18+,19-/m0/s1. The van der Waals surface area contributed by atoms with Gasteiger partial charge in [-0.25, -0.2) is 17.2 Å². The zero-order valence-corrected chi connectivity index (χ0v) is 17.8. The van der Waals surface area contributed by atoms with Gasteiger partial charge in [0.2, 0.25) is 15.9 Å². The van der Waals surface area contributed by atoms with E-state index < -0.39 is 21.7 Å². The van der Waals surface area contributed by atoms with Crippen LogP contribution in [0.1, 0.15) is 33.1 Å². The third-order valence-corrected chi connectivity index (χ3v) is 7.88. The van der Waals surface area contributed by atoms with E-state index in [1.807, 2.05) is 0 Å². The predicted octanol–water partition coefficient (Wildman–Crippen LogP) is 2.11. The van der Waals surface area contributed by atoms with Gasteiger partial charge in [-0.15, -0.1) is 0 Å². The number of amides is 1. The first-order valence-electron chi connectivity index (χ1n) is 10.1. The van der Waals surface area contributed by atoms with E-state index in [1.165, 1.54) is 4.31 Å². The fraction of sp³-hybridized carbons (Fsp3) is 0.650. The number of carbonyl (C=O) groups excluding carboxylic acids is 1. The SMILES string of the molecule is CN[C@@H](CC(C)C)C(=O)N[C@@H]1CC[C@H]2CN(S(=O)(=O)c3ccc(F)c(F)c3)C[C@H]21. The molecule has 2 N–H and O–H groups in total. The predicted molar refractivity (Wildman–Crippen MR) is 106 cm³/mol. The minimum Gasteiger partial charge on any atom is -0.352 e. The number of sulfonamides is 1. The highest BCUT2D eigenvalue weighted by Gasteiger charge is 2.47. The summed E-state index contributed by atoms with van der Waals surface area (Å²) >= 11 is 0. The Morgan fingerprint density at radius 3 is 2.55 bits per heavy atom. The molecule has 1 aliphatic heterocycles. The Morgan fingerprint density at radius 2 is 1.93 bits per heavy atom. The van der Waals surface area contributed by atoms with E-state index in [2.05, 4.69) is 24.5 Å². The van der Waals surface area contributed by atoms with Crippen molar-refractivity contribution in [2.24, 2.45) is 17.8 Å². The average molecular weight is 430 g/mol. The van der Waals surface area contributed by atoms with Crippen LogP contribution in [0.4, 0.5) is 8.78 Å². The number of hydrogen-bond acceptors (Lipinski definition) is 4. The summed E-state index contributed by atoms with van der Waals surface area (Å²) in [5.41, 5.74) is 0. The van der Waals surface area contributed by atoms with Crippen LogP contribution in [0, 0.1) is 29.4 Å². The summed E-state index contributed by atoms with van der Waals surface area (Å²) in [5, 5.41) is 6.15. The molecule has 2 fully saturated rings. The second-order valence-corrected chi connectivity index (χ2v) is 10.4. The maximum absolute atomic E-state index is 13.5. The Labute approximate surface area is 171 Å². The quantitative estimate of drug-likeness (QED) is 0.696. The zero-order valence-electron chi connectivity index (χ0n) is 17.0. The number of nitrogens with one attached hydrogen (secondary N) is 2. The number of likely N-dealkylation sites (N-methyl/N-ethyl adjacent to an activating group) is 1. The van der Waals surface area contributed by atoms with Crippen LogP contribution in [0.2, 0.25) is 0 Å². The number of halogens is 2. The molecule has 0 unspecified atom stereocenters. The molecule has 0 aromatic heterocycles. The molecule has 1 saturated heterocycles. The second-order valence-electron chi connectivity index (χ2n) is 8.49. The highest BCUT2D eigenvalue weighted by atomic mass is 32.2. The van der Waals surface area contributed by atoms with Crippen LogP contribution in [0.3, 0.4) is 0 Å². The van der Waals surface area contributed by atoms with Gasteiger partial charge in [-0.1, -0.05) is 13.8 Å². The highest BCUT2D eigenvalue weighted by molar-refractivity contribution is 7.89. The van der Waals surface area contributed by atoms with E-state index in [4.69, 9.17) is 0 Å². The maximum Gasteiger partial charge on any atom is 0.243 e. The number of hydrogen-bond donors (Lipinski definition) is 2. The molecule has 29 heavy (non-hydrogen) atoms. The number of carbonyl (C=O) groups is 1. The molecule has 2 aliphatic rings. The molecule has 6 nitrogen and oxygen atoms in total. The molecule has 1 aliphatic carbocycles. The van der Waals surface area contributed by atoms with Gasteiger partial charge in [-0.2, -0.15) is 4.31 Å². The third-order valence-electron chi connectivity index (χ3n) is 6.05. The van der Waals surface area contributed by atoms with Crippen molar-refractivity contribution in [2.45, 2.75) is 50.1 Å². The van der Waals surface area contributed by atoms with Gasteiger partial charge in [0, 0.05) is 19.1 Å². The monoisotopic (exact) mass is 429 g/mol. The highest BCUT2D eigenvalue weighted by Crippen LogP contribution is 2.40. The van der Waals surface area contributed by atoms with E-state index in [0.717, 1.165) is 37.5 Å². The summed E-state index contributed by atoms with van der Waals surface area (Å²) in [6, 6.07) is 2.28. The Hall–Kier alpha value is -1.58. The molecule has 4 atom stereocenters. The fourth-order valence-electron chi connectivity index (χ4n) is 4.50. The minimum absolute atomic E-state index is 0.0237.